The van der Waals surface area contributed by atoms with Gasteiger partial charge in [-0.15, -0.1) is 0 Å². The highest BCUT2D eigenvalue weighted by molar-refractivity contribution is 7.81. The van der Waals surface area contributed by atoms with Crippen LogP contribution in [0.15, 0.2) is 132 Å². The molecule has 35 heavy (non-hydrogen) atoms. The number of aryl methyl sites for hydroxylation is 1. The van der Waals surface area contributed by atoms with E-state index >= 15 is 0 Å². The Balaban J connectivity index is 1.62. The molecule has 2 nitrogen and oxygen atoms in total. The van der Waals surface area contributed by atoms with Gasteiger partial charge in [-0.25, -0.2) is 8.42 Å². The molecular weight excluding hydrogens is 467 g/mol. The topological polar surface area (TPSA) is 34.1 Å². The highest BCUT2D eigenvalue weighted by Gasteiger charge is 2.21. The van der Waals surface area contributed by atoms with Gasteiger partial charge in [0, 0.05) is 5.30 Å². The van der Waals surface area contributed by atoms with Gasteiger partial charge in [-0.05, 0) is 59.3 Å². The van der Waals surface area contributed by atoms with E-state index in [1.165, 1.54) is 0 Å². The Labute approximate surface area is 209 Å². The van der Waals surface area contributed by atoms with Crippen LogP contribution in [0.5, 0.6) is 0 Å². The Kier molecular flexibility index (Phi) is 6.90. The average Bonchev–Trinajstić information content (AvgIpc) is 2.91. The number of hydrogen-bond acceptors (Lipinski definition) is 2. The molecule has 0 fully saturated rings. The number of benzene rings is 5. The monoisotopic (exact) mass is 492 g/mol. The van der Waals surface area contributed by atoms with Crippen molar-refractivity contribution in [1.82, 2.24) is 0 Å². The number of rotatable bonds is 6. The molecular formula is C31H25O2PS. The fourth-order valence-corrected chi connectivity index (χ4v) is 7.64. The van der Waals surface area contributed by atoms with Gasteiger partial charge in [-0.1, -0.05) is 121 Å². The van der Waals surface area contributed by atoms with E-state index in [4.69, 9.17) is 0 Å². The second kappa shape index (κ2) is 10.4. The summed E-state index contributed by atoms with van der Waals surface area (Å²) in [5.74, 6) is 0. The first-order chi connectivity index (χ1) is 17.1. The lowest BCUT2D eigenvalue weighted by Gasteiger charge is -2.22. The van der Waals surface area contributed by atoms with E-state index in [1.54, 1.807) is 6.07 Å². The summed E-state index contributed by atoms with van der Waals surface area (Å²) in [6, 6.07) is 43.4. The molecule has 0 heterocycles. The van der Waals surface area contributed by atoms with Crippen LogP contribution in [-0.2, 0) is 10.7 Å². The van der Waals surface area contributed by atoms with Crippen LogP contribution in [0, 0.1) is 6.92 Å². The molecule has 0 unspecified atom stereocenters. The zero-order chi connectivity index (χ0) is 24.2. The van der Waals surface area contributed by atoms with Crippen molar-refractivity contribution in [3.63, 3.8) is 0 Å². The van der Waals surface area contributed by atoms with Crippen molar-refractivity contribution in [2.24, 2.45) is 0 Å². The largest absolute Gasteiger partial charge is 0.227 e. The van der Waals surface area contributed by atoms with Crippen LogP contribution in [0.25, 0.3) is 22.3 Å². The van der Waals surface area contributed by atoms with Gasteiger partial charge in [0.05, 0.1) is 4.90 Å². The molecule has 5 aromatic rings. The Hall–Kier alpha value is -3.52. The van der Waals surface area contributed by atoms with Crippen molar-refractivity contribution in [2.75, 3.05) is 0 Å². The van der Waals surface area contributed by atoms with Crippen molar-refractivity contribution < 1.29 is 8.42 Å². The molecule has 0 spiro atoms. The molecule has 0 aromatic heterocycles. The lowest BCUT2D eigenvalue weighted by Crippen LogP contribution is -2.23. The summed E-state index contributed by atoms with van der Waals surface area (Å²) in [6.45, 7) is 1.93. The summed E-state index contributed by atoms with van der Waals surface area (Å²) in [5.41, 5.74) is 5.55. The number of hydrogen-bond donors (Lipinski definition) is 1. The van der Waals surface area contributed by atoms with E-state index in [0.29, 0.717) is 4.90 Å². The first-order valence-electron chi connectivity index (χ1n) is 11.5. The van der Waals surface area contributed by atoms with Crippen molar-refractivity contribution in [1.29, 1.82) is 0 Å². The van der Waals surface area contributed by atoms with Gasteiger partial charge in [0.1, 0.15) is 0 Å². The molecule has 0 atom stereocenters. The summed E-state index contributed by atoms with van der Waals surface area (Å²) in [5, 5.41) is 3.10. The minimum absolute atomic E-state index is 0.408. The molecule has 0 saturated carbocycles. The highest BCUT2D eigenvalue weighted by atomic mass is 32.2. The third-order valence-electron chi connectivity index (χ3n) is 6.03. The molecule has 0 aliphatic carbocycles. The molecule has 0 bridgehead atoms. The van der Waals surface area contributed by atoms with Crippen molar-refractivity contribution in [3.8, 4) is 22.3 Å². The van der Waals surface area contributed by atoms with Crippen LogP contribution in [0.2, 0.25) is 0 Å². The van der Waals surface area contributed by atoms with Gasteiger partial charge in [-0.2, -0.15) is 0 Å². The zero-order valence-electron chi connectivity index (χ0n) is 19.3. The third kappa shape index (κ3) is 5.12. The number of thiol groups is 1. The molecule has 0 aliphatic heterocycles. The lowest BCUT2D eigenvalue weighted by molar-refractivity contribution is 0.615. The predicted molar refractivity (Wildman–Crippen MR) is 149 cm³/mol. The maximum Gasteiger partial charge on any atom is 0.168 e. The van der Waals surface area contributed by atoms with E-state index < -0.39 is 18.6 Å². The van der Waals surface area contributed by atoms with Crippen LogP contribution in [0.1, 0.15) is 5.56 Å². The van der Waals surface area contributed by atoms with Gasteiger partial charge >= 0.3 is 0 Å². The van der Waals surface area contributed by atoms with E-state index in [0.717, 1.165) is 43.7 Å². The first kappa shape index (κ1) is 23.2. The SMILES string of the molecule is Cc1ccc(P(c2ccc(-c3ccccc3)cc2)c2ccc(-c3ccccc3)cc2)c([SH](=O)=O)c1. The molecule has 0 radical (unpaired) electrons. The maximum atomic E-state index is 12.3. The summed E-state index contributed by atoms with van der Waals surface area (Å²) in [4.78, 5) is 0.408. The summed E-state index contributed by atoms with van der Waals surface area (Å²) in [7, 11) is -3.77. The van der Waals surface area contributed by atoms with Crippen molar-refractivity contribution >= 4 is 34.5 Å². The van der Waals surface area contributed by atoms with Gasteiger partial charge in [0.25, 0.3) is 0 Å². The second-order valence-electron chi connectivity index (χ2n) is 8.41. The Morgan fingerprint density at radius 3 is 1.37 bits per heavy atom. The standard InChI is InChI=1S/C31H25O2PS/c1-23-12-21-30(31(22-23)35(32)33)34(28-17-13-26(14-18-28)24-8-4-2-5-9-24)29-19-15-27(16-20-29)25-10-6-3-7-11-25/h2-22,35H,1H3. The summed E-state index contributed by atoms with van der Waals surface area (Å²) in [6.07, 6.45) is 0. The molecule has 0 aliphatic rings. The van der Waals surface area contributed by atoms with E-state index in [1.807, 2.05) is 55.5 Å². The summed E-state index contributed by atoms with van der Waals surface area (Å²) < 4.78 is 24.5. The highest BCUT2D eigenvalue weighted by Crippen LogP contribution is 2.36. The van der Waals surface area contributed by atoms with E-state index in [-0.39, 0.29) is 0 Å². The van der Waals surface area contributed by atoms with Crippen LogP contribution in [0.4, 0.5) is 0 Å². The Bertz CT molecular complexity index is 1420. The smallest absolute Gasteiger partial charge is 0.168 e. The lowest BCUT2D eigenvalue weighted by atomic mass is 10.1. The molecule has 0 saturated heterocycles. The molecule has 5 rings (SSSR count). The van der Waals surface area contributed by atoms with E-state index in [2.05, 4.69) is 72.8 Å². The normalized spacial score (nSPS) is 11.2. The average molecular weight is 493 g/mol. The third-order valence-corrected chi connectivity index (χ3v) is 9.47. The van der Waals surface area contributed by atoms with Gasteiger partial charge in [-0.3, -0.25) is 0 Å². The van der Waals surface area contributed by atoms with Crippen LogP contribution < -0.4 is 15.9 Å². The van der Waals surface area contributed by atoms with Crippen molar-refractivity contribution in [3.05, 3.63) is 133 Å². The van der Waals surface area contributed by atoms with E-state index in [9.17, 15) is 8.42 Å². The van der Waals surface area contributed by atoms with Gasteiger partial charge < -0.3 is 0 Å². The van der Waals surface area contributed by atoms with Crippen LogP contribution >= 0.6 is 7.92 Å². The second-order valence-corrected chi connectivity index (χ2v) is 11.6. The van der Waals surface area contributed by atoms with Gasteiger partial charge in [0.2, 0.25) is 0 Å². The fraction of sp³-hybridized carbons (Fsp3) is 0.0323. The van der Waals surface area contributed by atoms with Crippen molar-refractivity contribution in [2.45, 2.75) is 11.8 Å². The van der Waals surface area contributed by atoms with Gasteiger partial charge in [0.15, 0.2) is 10.7 Å². The molecule has 0 N–H and O–H groups in total. The minimum atomic E-state index is -2.71. The molecule has 5 aromatic carbocycles. The molecule has 4 heteroatoms. The first-order valence-corrected chi connectivity index (χ1v) is 14.0. The summed E-state index contributed by atoms with van der Waals surface area (Å²) >= 11 is 0. The van der Waals surface area contributed by atoms with Crippen LogP contribution in [0.3, 0.4) is 0 Å². The maximum absolute atomic E-state index is 12.3. The molecule has 172 valence electrons. The van der Waals surface area contributed by atoms with Crippen LogP contribution in [-0.4, -0.2) is 8.42 Å². The predicted octanol–water partition coefficient (Wildman–Crippen LogP) is 6.06. The quantitative estimate of drug-likeness (QED) is 0.231. The fourth-order valence-electron chi connectivity index (χ4n) is 4.26. The molecule has 0 amide bonds. The Morgan fingerprint density at radius 1 is 0.514 bits per heavy atom. The Morgan fingerprint density at radius 2 is 0.943 bits per heavy atom. The minimum Gasteiger partial charge on any atom is -0.227 e. The zero-order valence-corrected chi connectivity index (χ0v) is 21.1.